The van der Waals surface area contributed by atoms with E-state index in [1.807, 2.05) is 0 Å². The molecule has 2 N–H and O–H groups in total. The van der Waals surface area contributed by atoms with Crippen LogP contribution in [0.4, 0.5) is 4.79 Å². The Labute approximate surface area is 134 Å². The maximum atomic E-state index is 11.5. The van der Waals surface area contributed by atoms with Crippen LogP contribution in [0.15, 0.2) is 12.2 Å². The first kappa shape index (κ1) is 20.3. The molecule has 0 aliphatic heterocycles. The van der Waals surface area contributed by atoms with Gasteiger partial charge in [0.2, 0.25) is 0 Å². The lowest BCUT2D eigenvalue weighted by Crippen LogP contribution is -2.44. The van der Waals surface area contributed by atoms with Crippen molar-refractivity contribution in [3.8, 4) is 0 Å². The topological polar surface area (TPSA) is 102 Å². The number of carbonyl (C=O) groups excluding carboxylic acids is 2. The minimum atomic E-state index is -1.12. The molecule has 0 saturated heterocycles. The molecule has 0 aliphatic rings. The molecule has 0 heterocycles. The van der Waals surface area contributed by atoms with Crippen LogP contribution in [0.25, 0.3) is 0 Å². The molecular formula is C14H23NO6S. The summed E-state index contributed by atoms with van der Waals surface area (Å²) in [7, 11) is 0. The normalized spacial score (nSPS) is 12.7. The minimum absolute atomic E-state index is 0.189. The van der Waals surface area contributed by atoms with E-state index in [1.54, 1.807) is 32.9 Å². The van der Waals surface area contributed by atoms with Crippen molar-refractivity contribution in [1.82, 2.24) is 5.32 Å². The Morgan fingerprint density at radius 1 is 1.27 bits per heavy atom. The SMILES string of the molecule is CC(=O)OC/C=C\CSC[C@H](NC(=O)OC(C)(C)C)C(=O)O. The fourth-order valence-corrected chi connectivity index (χ4v) is 2.05. The molecule has 0 aliphatic carbocycles. The second-order valence-electron chi connectivity index (χ2n) is 5.35. The Bertz CT molecular complexity index is 416. The van der Waals surface area contributed by atoms with Gasteiger partial charge in [-0.15, -0.1) is 0 Å². The number of hydrogen-bond donors (Lipinski definition) is 2. The van der Waals surface area contributed by atoms with Gasteiger partial charge in [-0.3, -0.25) is 4.79 Å². The maximum absolute atomic E-state index is 11.5. The van der Waals surface area contributed by atoms with Crippen LogP contribution in [0, 0.1) is 0 Å². The highest BCUT2D eigenvalue weighted by atomic mass is 32.2. The Hall–Kier alpha value is -1.70. The molecule has 22 heavy (non-hydrogen) atoms. The third-order valence-electron chi connectivity index (χ3n) is 2.04. The summed E-state index contributed by atoms with van der Waals surface area (Å²) in [5, 5.41) is 11.4. The summed E-state index contributed by atoms with van der Waals surface area (Å²) >= 11 is 1.33. The number of hydrogen-bond acceptors (Lipinski definition) is 6. The average molecular weight is 333 g/mol. The van der Waals surface area contributed by atoms with Crippen LogP contribution in [0.2, 0.25) is 0 Å². The van der Waals surface area contributed by atoms with Gasteiger partial charge in [-0.25, -0.2) is 9.59 Å². The van der Waals surface area contributed by atoms with Crippen molar-refractivity contribution in [2.75, 3.05) is 18.1 Å². The van der Waals surface area contributed by atoms with Gasteiger partial charge < -0.3 is 19.9 Å². The quantitative estimate of drug-likeness (QED) is 0.397. The molecular weight excluding hydrogens is 310 g/mol. The van der Waals surface area contributed by atoms with Gasteiger partial charge in [0.05, 0.1) is 0 Å². The Morgan fingerprint density at radius 3 is 2.41 bits per heavy atom. The van der Waals surface area contributed by atoms with Crippen molar-refractivity contribution in [2.24, 2.45) is 0 Å². The zero-order chi connectivity index (χ0) is 17.2. The molecule has 0 fully saturated rings. The molecule has 0 bridgehead atoms. The molecule has 0 radical (unpaired) electrons. The van der Waals surface area contributed by atoms with Crippen LogP contribution >= 0.6 is 11.8 Å². The van der Waals surface area contributed by atoms with E-state index in [4.69, 9.17) is 14.6 Å². The monoisotopic (exact) mass is 333 g/mol. The number of carbonyl (C=O) groups is 3. The molecule has 0 saturated carbocycles. The minimum Gasteiger partial charge on any atom is -0.480 e. The van der Waals surface area contributed by atoms with E-state index in [0.29, 0.717) is 5.75 Å². The summed E-state index contributed by atoms with van der Waals surface area (Å²) in [6, 6.07) is -1.03. The molecule has 0 rings (SSSR count). The summed E-state index contributed by atoms with van der Waals surface area (Å²) in [6.45, 7) is 6.61. The number of thioether (sulfide) groups is 1. The molecule has 0 aromatic carbocycles. The lowest BCUT2D eigenvalue weighted by Gasteiger charge is -2.21. The number of carboxylic acid groups (broad SMARTS) is 1. The van der Waals surface area contributed by atoms with Gasteiger partial charge in [-0.2, -0.15) is 11.8 Å². The number of ether oxygens (including phenoxy) is 2. The number of carboxylic acids is 1. The van der Waals surface area contributed by atoms with E-state index in [1.165, 1.54) is 18.7 Å². The summed E-state index contributed by atoms with van der Waals surface area (Å²) in [4.78, 5) is 33.1. The number of esters is 1. The van der Waals surface area contributed by atoms with E-state index < -0.39 is 23.7 Å². The summed E-state index contributed by atoms with van der Waals surface area (Å²) in [5.41, 5.74) is -0.681. The average Bonchev–Trinajstić information content (AvgIpc) is 2.33. The largest absolute Gasteiger partial charge is 0.480 e. The summed E-state index contributed by atoms with van der Waals surface area (Å²) in [6.07, 6.45) is 2.68. The second-order valence-corrected chi connectivity index (χ2v) is 6.42. The predicted molar refractivity (Wildman–Crippen MR) is 83.9 cm³/mol. The molecule has 0 aromatic heterocycles. The third-order valence-corrected chi connectivity index (χ3v) is 3.03. The van der Waals surface area contributed by atoms with Crippen LogP contribution in [0.5, 0.6) is 0 Å². The molecule has 8 heteroatoms. The molecule has 1 atom stereocenters. The van der Waals surface area contributed by atoms with Gasteiger partial charge >= 0.3 is 18.0 Å². The van der Waals surface area contributed by atoms with Gasteiger partial charge in [0, 0.05) is 18.4 Å². The van der Waals surface area contributed by atoms with Crippen molar-refractivity contribution in [2.45, 2.75) is 39.3 Å². The van der Waals surface area contributed by atoms with Gasteiger partial charge in [-0.05, 0) is 20.8 Å². The zero-order valence-corrected chi connectivity index (χ0v) is 14.1. The molecule has 7 nitrogen and oxygen atoms in total. The van der Waals surface area contributed by atoms with E-state index >= 15 is 0 Å². The Balaban J connectivity index is 4.08. The van der Waals surface area contributed by atoms with Crippen LogP contribution in [-0.2, 0) is 19.1 Å². The highest BCUT2D eigenvalue weighted by molar-refractivity contribution is 7.99. The molecule has 0 aromatic rings. The third kappa shape index (κ3) is 12.1. The molecule has 126 valence electrons. The van der Waals surface area contributed by atoms with Crippen molar-refractivity contribution in [3.63, 3.8) is 0 Å². The van der Waals surface area contributed by atoms with E-state index in [2.05, 4.69) is 5.32 Å². The van der Waals surface area contributed by atoms with E-state index in [-0.39, 0.29) is 18.3 Å². The van der Waals surface area contributed by atoms with Crippen LogP contribution in [-0.4, -0.2) is 52.9 Å². The van der Waals surface area contributed by atoms with Crippen LogP contribution in [0.1, 0.15) is 27.7 Å². The first-order valence-electron chi connectivity index (χ1n) is 6.70. The van der Waals surface area contributed by atoms with Gasteiger partial charge in [0.1, 0.15) is 18.2 Å². The van der Waals surface area contributed by atoms with Crippen molar-refractivity contribution < 1.29 is 29.0 Å². The number of nitrogens with one attached hydrogen (secondary N) is 1. The first-order chi connectivity index (χ1) is 10.1. The van der Waals surface area contributed by atoms with Crippen LogP contribution < -0.4 is 5.32 Å². The smallest absolute Gasteiger partial charge is 0.408 e. The highest BCUT2D eigenvalue weighted by Gasteiger charge is 2.23. The molecule has 1 amide bonds. The first-order valence-corrected chi connectivity index (χ1v) is 7.85. The lowest BCUT2D eigenvalue weighted by atomic mass is 10.2. The molecule has 0 unspecified atom stereocenters. The summed E-state index contributed by atoms with van der Waals surface area (Å²) < 4.78 is 9.72. The number of aliphatic carboxylic acids is 1. The second kappa shape index (κ2) is 10.1. The maximum Gasteiger partial charge on any atom is 0.408 e. The fraction of sp³-hybridized carbons (Fsp3) is 0.643. The standard InChI is InChI=1S/C14H23NO6S/c1-10(16)20-7-5-6-8-22-9-11(12(17)18)15-13(19)21-14(2,3)4/h5-6,11H,7-9H2,1-4H3,(H,15,19)(H,17,18)/b6-5-/t11-/m0/s1. The van der Waals surface area contributed by atoms with Gasteiger partial charge in [-0.1, -0.05) is 12.2 Å². The van der Waals surface area contributed by atoms with Crippen molar-refractivity contribution in [1.29, 1.82) is 0 Å². The van der Waals surface area contributed by atoms with Crippen molar-refractivity contribution in [3.05, 3.63) is 12.2 Å². The zero-order valence-electron chi connectivity index (χ0n) is 13.3. The highest BCUT2D eigenvalue weighted by Crippen LogP contribution is 2.08. The Morgan fingerprint density at radius 2 is 1.91 bits per heavy atom. The van der Waals surface area contributed by atoms with Crippen LogP contribution in [0.3, 0.4) is 0 Å². The number of amides is 1. The number of alkyl carbamates (subject to hydrolysis) is 1. The molecule has 0 spiro atoms. The fourth-order valence-electron chi connectivity index (χ4n) is 1.18. The van der Waals surface area contributed by atoms with Crippen molar-refractivity contribution >= 4 is 29.8 Å². The van der Waals surface area contributed by atoms with E-state index in [9.17, 15) is 14.4 Å². The lowest BCUT2D eigenvalue weighted by molar-refractivity contribution is -0.140. The number of rotatable bonds is 8. The Kier molecular flexibility index (Phi) is 9.32. The summed E-state index contributed by atoms with van der Waals surface area (Å²) in [5.74, 6) is -0.736. The van der Waals surface area contributed by atoms with E-state index in [0.717, 1.165) is 0 Å². The van der Waals surface area contributed by atoms with Gasteiger partial charge in [0.15, 0.2) is 0 Å². The predicted octanol–water partition coefficient (Wildman–Crippen LogP) is 1.82. The van der Waals surface area contributed by atoms with Gasteiger partial charge in [0.25, 0.3) is 0 Å².